The lowest BCUT2D eigenvalue weighted by molar-refractivity contribution is 0.0142. The Balaban J connectivity index is 2.07. The number of hydrogen-bond donors (Lipinski definition) is 2. The molecule has 5 nitrogen and oxygen atoms in total. The number of nitrogens with one attached hydrogen (secondary N) is 1. The minimum absolute atomic E-state index is 0.0650. The maximum Gasteiger partial charge on any atom is 0.251 e. The number of rotatable bonds is 6. The van der Waals surface area contributed by atoms with Crippen LogP contribution in [0.15, 0.2) is 30.3 Å². The molecule has 0 saturated carbocycles. The van der Waals surface area contributed by atoms with E-state index < -0.39 is 5.60 Å². The van der Waals surface area contributed by atoms with Crippen LogP contribution in [0.3, 0.4) is 0 Å². The summed E-state index contributed by atoms with van der Waals surface area (Å²) >= 11 is 0. The van der Waals surface area contributed by atoms with Gasteiger partial charge in [-0.15, -0.1) is 0 Å². The van der Waals surface area contributed by atoms with Crippen molar-refractivity contribution in [3.05, 3.63) is 52.8 Å². The van der Waals surface area contributed by atoms with Crippen LogP contribution in [-0.4, -0.2) is 32.9 Å². The number of carbonyl (C=O) groups excluding carboxylic acids is 1. The lowest BCUT2D eigenvalue weighted by Crippen LogP contribution is -2.44. The van der Waals surface area contributed by atoms with Gasteiger partial charge in [-0.25, -0.2) is 0 Å². The standard InChI is InChI=1S/C19H27N3O2/c1-13(2)19(5,24)12-20-18(23)17-8-6-7-16(10-17)11-22-15(4)9-14(3)21-22/h6-10,13,24H,11-12H2,1-5H3,(H,20,23). The zero-order valence-corrected chi connectivity index (χ0v) is 15.1. The highest BCUT2D eigenvalue weighted by Gasteiger charge is 2.25. The maximum absolute atomic E-state index is 12.3. The van der Waals surface area contributed by atoms with Crippen molar-refractivity contribution in [1.29, 1.82) is 0 Å². The zero-order valence-electron chi connectivity index (χ0n) is 15.1. The maximum atomic E-state index is 12.3. The molecule has 1 unspecified atom stereocenters. The normalized spacial score (nSPS) is 13.8. The number of nitrogens with zero attached hydrogens (tertiary/aromatic N) is 2. The second kappa shape index (κ2) is 7.18. The van der Waals surface area contributed by atoms with Gasteiger partial charge < -0.3 is 10.4 Å². The van der Waals surface area contributed by atoms with Crippen molar-refractivity contribution in [3.63, 3.8) is 0 Å². The smallest absolute Gasteiger partial charge is 0.251 e. The minimum Gasteiger partial charge on any atom is -0.388 e. The molecule has 0 aliphatic rings. The number of aryl methyl sites for hydroxylation is 2. The first-order valence-corrected chi connectivity index (χ1v) is 8.29. The van der Waals surface area contributed by atoms with Gasteiger partial charge in [0.05, 0.1) is 17.8 Å². The van der Waals surface area contributed by atoms with Crippen LogP contribution in [0, 0.1) is 19.8 Å². The van der Waals surface area contributed by atoms with Crippen LogP contribution >= 0.6 is 0 Å². The second-order valence-electron chi connectivity index (χ2n) is 6.98. The third kappa shape index (κ3) is 4.45. The van der Waals surface area contributed by atoms with E-state index in [4.69, 9.17) is 0 Å². The van der Waals surface area contributed by atoms with Crippen LogP contribution in [0.2, 0.25) is 0 Å². The van der Waals surface area contributed by atoms with Gasteiger partial charge in [-0.3, -0.25) is 9.48 Å². The summed E-state index contributed by atoms with van der Waals surface area (Å²) in [6, 6.07) is 9.54. The Morgan fingerprint density at radius 2 is 2.04 bits per heavy atom. The van der Waals surface area contributed by atoms with Crippen molar-refractivity contribution >= 4 is 5.91 Å². The zero-order chi connectivity index (χ0) is 17.9. The van der Waals surface area contributed by atoms with Crippen LogP contribution in [0.4, 0.5) is 0 Å². The van der Waals surface area contributed by atoms with Crippen molar-refractivity contribution in [2.75, 3.05) is 6.54 Å². The summed E-state index contributed by atoms with van der Waals surface area (Å²) in [6.07, 6.45) is 0. The highest BCUT2D eigenvalue weighted by atomic mass is 16.3. The largest absolute Gasteiger partial charge is 0.388 e. The Kier molecular flexibility index (Phi) is 5.44. The first kappa shape index (κ1) is 18.2. The summed E-state index contributed by atoms with van der Waals surface area (Å²) in [5.41, 5.74) is 2.77. The topological polar surface area (TPSA) is 67.2 Å². The summed E-state index contributed by atoms with van der Waals surface area (Å²) in [4.78, 5) is 12.3. The van der Waals surface area contributed by atoms with Gasteiger partial charge in [-0.05, 0) is 50.5 Å². The summed E-state index contributed by atoms with van der Waals surface area (Å²) in [6.45, 7) is 10.4. The Labute approximate surface area is 143 Å². The predicted octanol–water partition coefficient (Wildman–Crippen LogP) is 2.69. The molecule has 1 aromatic heterocycles. The van der Waals surface area contributed by atoms with E-state index in [2.05, 4.69) is 10.4 Å². The Bertz CT molecular complexity index is 717. The molecular formula is C19H27N3O2. The third-order valence-corrected chi connectivity index (χ3v) is 4.48. The Hall–Kier alpha value is -2.14. The number of aromatic nitrogens is 2. The fourth-order valence-corrected chi connectivity index (χ4v) is 2.38. The van der Waals surface area contributed by atoms with Gasteiger partial charge in [0.1, 0.15) is 0 Å². The average molecular weight is 329 g/mol. The number of aliphatic hydroxyl groups is 1. The summed E-state index contributed by atoms with van der Waals surface area (Å²) < 4.78 is 1.93. The van der Waals surface area contributed by atoms with E-state index in [1.165, 1.54) is 0 Å². The lowest BCUT2D eigenvalue weighted by Gasteiger charge is -2.27. The quantitative estimate of drug-likeness (QED) is 0.856. The Morgan fingerprint density at radius 1 is 1.33 bits per heavy atom. The number of amides is 1. The second-order valence-corrected chi connectivity index (χ2v) is 6.98. The van der Waals surface area contributed by atoms with E-state index in [9.17, 15) is 9.90 Å². The molecule has 130 valence electrons. The van der Waals surface area contributed by atoms with Crippen LogP contribution < -0.4 is 5.32 Å². The average Bonchev–Trinajstić information content (AvgIpc) is 2.82. The molecule has 2 aromatic rings. The van der Waals surface area contributed by atoms with Gasteiger partial charge in [-0.2, -0.15) is 5.10 Å². The van der Waals surface area contributed by atoms with Gasteiger partial charge >= 0.3 is 0 Å². The van der Waals surface area contributed by atoms with Crippen LogP contribution in [-0.2, 0) is 6.54 Å². The fourth-order valence-electron chi connectivity index (χ4n) is 2.38. The van der Waals surface area contributed by atoms with Crippen molar-refractivity contribution in [3.8, 4) is 0 Å². The van der Waals surface area contributed by atoms with Gasteiger partial charge in [0.2, 0.25) is 0 Å². The molecule has 0 aliphatic carbocycles. The van der Waals surface area contributed by atoms with E-state index in [1.807, 2.05) is 56.6 Å². The van der Waals surface area contributed by atoms with Gasteiger partial charge in [0.15, 0.2) is 0 Å². The van der Waals surface area contributed by atoms with Crippen molar-refractivity contribution in [1.82, 2.24) is 15.1 Å². The monoisotopic (exact) mass is 329 g/mol. The van der Waals surface area contributed by atoms with Crippen molar-refractivity contribution in [2.45, 2.75) is 46.8 Å². The molecule has 0 aliphatic heterocycles. The van der Waals surface area contributed by atoms with Crippen molar-refractivity contribution in [2.24, 2.45) is 5.92 Å². The first-order chi connectivity index (χ1) is 11.2. The molecule has 1 heterocycles. The van der Waals surface area contributed by atoms with Crippen LogP contribution in [0.5, 0.6) is 0 Å². The summed E-state index contributed by atoms with van der Waals surface area (Å²) in [5, 5.41) is 17.5. The molecule has 1 atom stereocenters. The molecule has 0 bridgehead atoms. The van der Waals surface area contributed by atoms with Gasteiger partial charge in [0.25, 0.3) is 5.91 Å². The van der Waals surface area contributed by atoms with Gasteiger partial charge in [0, 0.05) is 17.8 Å². The van der Waals surface area contributed by atoms with E-state index in [0.717, 1.165) is 17.0 Å². The minimum atomic E-state index is -0.920. The van der Waals surface area contributed by atoms with E-state index in [1.54, 1.807) is 13.0 Å². The molecule has 0 spiro atoms. The summed E-state index contributed by atoms with van der Waals surface area (Å²) in [5.74, 6) is -0.110. The highest BCUT2D eigenvalue weighted by molar-refractivity contribution is 5.94. The van der Waals surface area contributed by atoms with Crippen molar-refractivity contribution < 1.29 is 9.90 Å². The van der Waals surface area contributed by atoms with E-state index >= 15 is 0 Å². The first-order valence-electron chi connectivity index (χ1n) is 8.29. The Morgan fingerprint density at radius 3 is 2.62 bits per heavy atom. The van der Waals surface area contributed by atoms with Crippen LogP contribution in [0.25, 0.3) is 0 Å². The fraction of sp³-hybridized carbons (Fsp3) is 0.474. The molecule has 5 heteroatoms. The highest BCUT2D eigenvalue weighted by Crippen LogP contribution is 2.15. The molecule has 2 N–H and O–H groups in total. The SMILES string of the molecule is Cc1cc(C)n(Cc2cccc(C(=O)NCC(C)(O)C(C)C)c2)n1. The molecule has 0 saturated heterocycles. The lowest BCUT2D eigenvalue weighted by atomic mass is 9.92. The third-order valence-electron chi connectivity index (χ3n) is 4.48. The van der Waals surface area contributed by atoms with Crippen LogP contribution in [0.1, 0.15) is 48.1 Å². The number of carbonyl (C=O) groups is 1. The number of benzene rings is 1. The molecule has 24 heavy (non-hydrogen) atoms. The number of hydrogen-bond acceptors (Lipinski definition) is 3. The van der Waals surface area contributed by atoms with E-state index in [-0.39, 0.29) is 18.4 Å². The molecule has 0 fully saturated rings. The molecule has 2 rings (SSSR count). The molecular weight excluding hydrogens is 302 g/mol. The van der Waals surface area contributed by atoms with E-state index in [0.29, 0.717) is 12.1 Å². The predicted molar refractivity (Wildman–Crippen MR) is 95.0 cm³/mol. The van der Waals surface area contributed by atoms with Gasteiger partial charge in [-0.1, -0.05) is 26.0 Å². The molecule has 1 amide bonds. The molecule has 1 aromatic carbocycles. The summed E-state index contributed by atoms with van der Waals surface area (Å²) in [7, 11) is 0. The molecule has 0 radical (unpaired) electrons.